The van der Waals surface area contributed by atoms with Crippen molar-refractivity contribution in [2.75, 3.05) is 4.90 Å². The lowest BCUT2D eigenvalue weighted by Gasteiger charge is -2.26. The van der Waals surface area contributed by atoms with Gasteiger partial charge in [-0.25, -0.2) is 0 Å². The van der Waals surface area contributed by atoms with Gasteiger partial charge in [0, 0.05) is 55.6 Å². The Labute approximate surface area is 376 Å². The highest BCUT2D eigenvalue weighted by atomic mass is 16.3. The van der Waals surface area contributed by atoms with Crippen LogP contribution < -0.4 is 4.90 Å². The number of hydrogen-bond donors (Lipinski definition) is 0. The Morgan fingerprint density at radius 2 is 0.754 bits per heavy atom. The molecule has 0 spiro atoms. The Hall–Kier alpha value is -8.66. The van der Waals surface area contributed by atoms with Crippen LogP contribution in [0.5, 0.6) is 0 Å². The summed E-state index contributed by atoms with van der Waals surface area (Å²) in [5.74, 6) is 0. The Morgan fingerprint density at radius 3 is 1.45 bits per heavy atom. The lowest BCUT2D eigenvalue weighted by Crippen LogP contribution is -2.10. The summed E-state index contributed by atoms with van der Waals surface area (Å²) in [6.07, 6.45) is 0. The zero-order valence-corrected chi connectivity index (χ0v) is 35.4. The Bertz CT molecular complexity index is 3940. The van der Waals surface area contributed by atoms with Crippen LogP contribution in [0, 0.1) is 0 Å². The van der Waals surface area contributed by atoms with Crippen LogP contribution in [0.3, 0.4) is 0 Å². The van der Waals surface area contributed by atoms with E-state index in [4.69, 9.17) is 4.42 Å². The predicted molar refractivity (Wildman–Crippen MR) is 274 cm³/mol. The second-order valence-corrected chi connectivity index (χ2v) is 16.9. The normalized spacial score (nSPS) is 11.7. The fourth-order valence-corrected chi connectivity index (χ4v) is 10.1. The van der Waals surface area contributed by atoms with Gasteiger partial charge in [-0.15, -0.1) is 0 Å². The van der Waals surface area contributed by atoms with Gasteiger partial charge in [0.2, 0.25) is 0 Å². The molecular weight excluding hydrogens is 789 g/mol. The molecule has 10 aromatic carbocycles. The molecule has 0 fully saturated rings. The lowest BCUT2D eigenvalue weighted by molar-refractivity contribution is 0.669. The predicted octanol–water partition coefficient (Wildman–Crippen LogP) is 17.4. The first-order chi connectivity index (χ1) is 32.2. The molecule has 13 aromatic rings. The molecule has 3 nitrogen and oxygen atoms in total. The third kappa shape index (κ3) is 6.12. The van der Waals surface area contributed by atoms with Crippen LogP contribution in [0.15, 0.2) is 247 Å². The van der Waals surface area contributed by atoms with Crippen molar-refractivity contribution in [2.45, 2.75) is 0 Å². The van der Waals surface area contributed by atoms with Crippen LogP contribution in [0.4, 0.5) is 17.1 Å². The van der Waals surface area contributed by atoms with Crippen molar-refractivity contribution >= 4 is 77.1 Å². The highest BCUT2D eigenvalue weighted by molar-refractivity contribution is 6.22. The number of benzene rings is 10. The molecule has 3 heterocycles. The minimum absolute atomic E-state index is 0.865. The van der Waals surface area contributed by atoms with E-state index in [1.807, 2.05) is 12.1 Å². The summed E-state index contributed by atoms with van der Waals surface area (Å²) < 4.78 is 8.90. The van der Waals surface area contributed by atoms with E-state index in [0.29, 0.717) is 0 Å². The average molecular weight is 829 g/mol. The Balaban J connectivity index is 0.924. The summed E-state index contributed by atoms with van der Waals surface area (Å²) in [5, 5.41) is 7.23. The quantitative estimate of drug-likeness (QED) is 0.149. The molecule has 0 saturated carbocycles. The van der Waals surface area contributed by atoms with Crippen LogP contribution in [0.2, 0.25) is 0 Å². The molecule has 3 heteroatoms. The van der Waals surface area contributed by atoms with Crippen molar-refractivity contribution in [3.63, 3.8) is 0 Å². The standard InChI is InChI=1S/C62H40N2O/c1-3-15-41(16-4-1)45-19-13-21-48(37-45)63(50-34-36-54-53-24-9-12-28-59(53)65-60(54)40-50)49-22-14-20-46(38-49)42-29-31-43(32-30-42)47-33-35-51-52-23-7-10-26-57(52)64-58-27-11-8-25-55(58)61(62(64)56(51)39-47)44-17-5-2-6-18-44/h1-40H. The zero-order chi connectivity index (χ0) is 42.8. The molecular formula is C62H40N2O. The SMILES string of the molecule is c1ccc(-c2cccc(N(c3cccc(-c4ccc(-c5ccc6c7ccccc7n7c8ccccc8c(-c8ccccc8)c7c6c5)cc4)c3)c3ccc4c(c3)oc3ccccc34)c2)cc1. The van der Waals surface area contributed by atoms with Crippen molar-refractivity contribution < 1.29 is 4.42 Å². The molecule has 13 rings (SSSR count). The molecule has 0 bridgehead atoms. The van der Waals surface area contributed by atoms with Crippen LogP contribution in [-0.4, -0.2) is 4.40 Å². The Kier molecular flexibility index (Phi) is 8.53. The van der Waals surface area contributed by atoms with E-state index in [1.54, 1.807) is 0 Å². The number of anilines is 3. The van der Waals surface area contributed by atoms with Gasteiger partial charge in [-0.3, -0.25) is 0 Å². The number of fused-ring (bicyclic) bond motifs is 11. The van der Waals surface area contributed by atoms with Gasteiger partial charge >= 0.3 is 0 Å². The van der Waals surface area contributed by atoms with E-state index in [1.165, 1.54) is 65.9 Å². The largest absolute Gasteiger partial charge is 0.456 e. The van der Waals surface area contributed by atoms with Gasteiger partial charge in [0.1, 0.15) is 11.2 Å². The van der Waals surface area contributed by atoms with Crippen molar-refractivity contribution in [3.05, 3.63) is 243 Å². The van der Waals surface area contributed by atoms with E-state index in [2.05, 4.69) is 240 Å². The molecule has 0 saturated heterocycles. The fraction of sp³-hybridized carbons (Fsp3) is 0. The topological polar surface area (TPSA) is 20.8 Å². The van der Waals surface area contributed by atoms with Crippen molar-refractivity contribution in [2.24, 2.45) is 0 Å². The molecule has 65 heavy (non-hydrogen) atoms. The minimum atomic E-state index is 0.865. The molecule has 0 unspecified atom stereocenters. The second-order valence-electron chi connectivity index (χ2n) is 16.9. The summed E-state index contributed by atoms with van der Waals surface area (Å²) in [5.41, 5.74) is 18.1. The van der Waals surface area contributed by atoms with E-state index in [-0.39, 0.29) is 0 Å². The first kappa shape index (κ1) is 36.9. The van der Waals surface area contributed by atoms with Gasteiger partial charge in [-0.1, -0.05) is 176 Å². The first-order valence-corrected chi connectivity index (χ1v) is 22.2. The van der Waals surface area contributed by atoms with Gasteiger partial charge in [0.05, 0.1) is 16.6 Å². The molecule has 0 radical (unpaired) electrons. The van der Waals surface area contributed by atoms with E-state index in [0.717, 1.165) is 55.7 Å². The lowest BCUT2D eigenvalue weighted by atomic mass is 9.95. The minimum Gasteiger partial charge on any atom is -0.456 e. The maximum Gasteiger partial charge on any atom is 0.137 e. The molecule has 304 valence electrons. The number of nitrogens with zero attached hydrogens (tertiary/aromatic N) is 2. The molecule has 0 N–H and O–H groups in total. The van der Waals surface area contributed by atoms with Crippen molar-refractivity contribution in [3.8, 4) is 44.5 Å². The zero-order valence-electron chi connectivity index (χ0n) is 35.4. The molecule has 0 atom stereocenters. The first-order valence-electron chi connectivity index (χ1n) is 22.2. The summed E-state index contributed by atoms with van der Waals surface area (Å²) >= 11 is 0. The molecule has 0 aliphatic carbocycles. The number of pyridine rings is 1. The highest BCUT2D eigenvalue weighted by Crippen LogP contribution is 2.44. The maximum atomic E-state index is 6.42. The van der Waals surface area contributed by atoms with Crippen molar-refractivity contribution in [1.82, 2.24) is 4.40 Å². The van der Waals surface area contributed by atoms with Gasteiger partial charge in [-0.05, 0) is 105 Å². The fourth-order valence-electron chi connectivity index (χ4n) is 10.1. The summed E-state index contributed by atoms with van der Waals surface area (Å²) in [6.45, 7) is 0. The van der Waals surface area contributed by atoms with E-state index >= 15 is 0 Å². The third-order valence-corrected chi connectivity index (χ3v) is 13.1. The molecule has 0 amide bonds. The van der Waals surface area contributed by atoms with Gasteiger partial charge in [-0.2, -0.15) is 0 Å². The molecule has 3 aromatic heterocycles. The number of aromatic nitrogens is 1. The van der Waals surface area contributed by atoms with Crippen LogP contribution in [0.1, 0.15) is 0 Å². The number of hydrogen-bond acceptors (Lipinski definition) is 2. The van der Waals surface area contributed by atoms with E-state index in [9.17, 15) is 0 Å². The number of furan rings is 1. The third-order valence-electron chi connectivity index (χ3n) is 13.1. The van der Waals surface area contributed by atoms with Crippen molar-refractivity contribution in [1.29, 1.82) is 0 Å². The summed E-state index contributed by atoms with van der Waals surface area (Å²) in [4.78, 5) is 2.34. The van der Waals surface area contributed by atoms with E-state index < -0.39 is 0 Å². The van der Waals surface area contributed by atoms with Gasteiger partial charge in [0.15, 0.2) is 0 Å². The van der Waals surface area contributed by atoms with Crippen LogP contribution in [0.25, 0.3) is 105 Å². The van der Waals surface area contributed by atoms with Gasteiger partial charge < -0.3 is 13.7 Å². The molecule has 0 aliphatic rings. The smallest absolute Gasteiger partial charge is 0.137 e. The maximum absolute atomic E-state index is 6.42. The summed E-state index contributed by atoms with van der Waals surface area (Å²) in [6, 6.07) is 87.6. The summed E-state index contributed by atoms with van der Waals surface area (Å²) in [7, 11) is 0. The van der Waals surface area contributed by atoms with Crippen LogP contribution in [-0.2, 0) is 0 Å². The molecule has 0 aliphatic heterocycles. The Morgan fingerprint density at radius 1 is 0.277 bits per heavy atom. The number of rotatable bonds is 7. The number of para-hydroxylation sites is 3. The monoisotopic (exact) mass is 828 g/mol. The highest BCUT2D eigenvalue weighted by Gasteiger charge is 2.21. The second kappa shape index (κ2) is 15.0. The van der Waals surface area contributed by atoms with Gasteiger partial charge in [0.25, 0.3) is 0 Å². The van der Waals surface area contributed by atoms with Crippen LogP contribution >= 0.6 is 0 Å². The average Bonchev–Trinajstić information content (AvgIpc) is 3.93.